The number of hydrogen-bond donors (Lipinski definition) is 2. The van der Waals surface area contributed by atoms with Gasteiger partial charge in [0.25, 0.3) is 15.9 Å². The topological polar surface area (TPSA) is 113 Å². The van der Waals surface area contributed by atoms with Crippen molar-refractivity contribution in [1.82, 2.24) is 4.31 Å². The molecule has 3 aromatic rings. The zero-order valence-electron chi connectivity index (χ0n) is 20.4. The molecule has 1 saturated heterocycles. The summed E-state index contributed by atoms with van der Waals surface area (Å²) < 4.78 is 55.6. The van der Waals surface area contributed by atoms with Gasteiger partial charge in [-0.05, 0) is 91.9 Å². The first-order valence-corrected chi connectivity index (χ1v) is 15.1. The molecule has 11 heteroatoms. The van der Waals surface area contributed by atoms with Crippen LogP contribution in [0, 0.1) is 12.8 Å². The van der Waals surface area contributed by atoms with E-state index in [9.17, 15) is 21.6 Å². The highest BCUT2D eigenvalue weighted by Gasteiger charge is 2.29. The number of anilines is 2. The van der Waals surface area contributed by atoms with Crippen LogP contribution in [0.4, 0.5) is 11.4 Å². The number of carbonyl (C=O) groups is 1. The molecule has 0 aliphatic carbocycles. The Balaban J connectivity index is 1.49. The van der Waals surface area contributed by atoms with E-state index < -0.39 is 26.0 Å². The fourth-order valence-corrected chi connectivity index (χ4v) is 6.71. The molecule has 0 spiro atoms. The van der Waals surface area contributed by atoms with E-state index in [0.717, 1.165) is 12.8 Å². The molecule has 1 amide bonds. The molecule has 8 nitrogen and oxygen atoms in total. The molecule has 3 aromatic carbocycles. The van der Waals surface area contributed by atoms with Gasteiger partial charge in [-0.3, -0.25) is 9.52 Å². The zero-order chi connectivity index (χ0) is 26.8. The SMILES string of the molecule is Cc1ccc(S(=O)(=O)N2CCC(C)CC2)cc1C(=O)Nc1ccc(S(=O)(=O)Nc2ccc(Cl)cc2)cc1. The molecule has 2 N–H and O–H groups in total. The normalized spacial score (nSPS) is 15.3. The first-order valence-electron chi connectivity index (χ1n) is 11.8. The Morgan fingerprint density at radius 2 is 1.43 bits per heavy atom. The molecular formula is C26H28ClN3O5S2. The number of hydrogen-bond acceptors (Lipinski definition) is 5. The van der Waals surface area contributed by atoms with E-state index in [-0.39, 0.29) is 15.4 Å². The number of carbonyl (C=O) groups excluding carboxylic acids is 1. The number of sulfonamides is 2. The fourth-order valence-electron chi connectivity index (χ4n) is 4.03. The van der Waals surface area contributed by atoms with E-state index in [1.54, 1.807) is 37.3 Å². The summed E-state index contributed by atoms with van der Waals surface area (Å²) in [5.74, 6) is -0.00267. The van der Waals surface area contributed by atoms with Gasteiger partial charge in [0, 0.05) is 35.1 Å². The monoisotopic (exact) mass is 561 g/mol. The van der Waals surface area contributed by atoms with Crippen LogP contribution in [-0.4, -0.2) is 40.1 Å². The largest absolute Gasteiger partial charge is 0.322 e. The van der Waals surface area contributed by atoms with Crippen LogP contribution >= 0.6 is 11.6 Å². The lowest BCUT2D eigenvalue weighted by Crippen LogP contribution is -2.38. The summed E-state index contributed by atoms with van der Waals surface area (Å²) in [6, 6.07) is 16.5. The van der Waals surface area contributed by atoms with Gasteiger partial charge in [-0.15, -0.1) is 0 Å². The van der Waals surface area contributed by atoms with Crippen molar-refractivity contribution in [2.75, 3.05) is 23.1 Å². The number of amides is 1. The van der Waals surface area contributed by atoms with E-state index in [0.29, 0.717) is 41.0 Å². The van der Waals surface area contributed by atoms with Crippen LogP contribution in [0.15, 0.2) is 76.5 Å². The molecule has 0 unspecified atom stereocenters. The van der Waals surface area contributed by atoms with Crippen LogP contribution in [0.1, 0.15) is 35.7 Å². The van der Waals surface area contributed by atoms with Crippen molar-refractivity contribution in [2.24, 2.45) is 5.92 Å². The van der Waals surface area contributed by atoms with Gasteiger partial charge < -0.3 is 5.32 Å². The van der Waals surface area contributed by atoms with Gasteiger partial charge in [-0.2, -0.15) is 4.31 Å². The molecule has 196 valence electrons. The number of aryl methyl sites for hydroxylation is 1. The number of nitrogens with one attached hydrogen (secondary N) is 2. The number of halogens is 1. The second-order valence-corrected chi connectivity index (χ2v) is 13.2. The number of nitrogens with zero attached hydrogens (tertiary/aromatic N) is 1. The lowest BCUT2D eigenvalue weighted by Gasteiger charge is -2.29. The van der Waals surface area contributed by atoms with Crippen molar-refractivity contribution in [3.8, 4) is 0 Å². The Kier molecular flexibility index (Phi) is 7.94. The Bertz CT molecular complexity index is 1500. The number of piperidine rings is 1. The lowest BCUT2D eigenvalue weighted by atomic mass is 10.0. The van der Waals surface area contributed by atoms with Crippen LogP contribution in [0.2, 0.25) is 5.02 Å². The van der Waals surface area contributed by atoms with Crippen LogP contribution in [0.25, 0.3) is 0 Å². The molecule has 37 heavy (non-hydrogen) atoms. The average Bonchev–Trinajstić information content (AvgIpc) is 2.86. The van der Waals surface area contributed by atoms with Gasteiger partial charge in [0.2, 0.25) is 10.0 Å². The molecule has 4 rings (SSSR count). The highest BCUT2D eigenvalue weighted by atomic mass is 35.5. The molecule has 1 aliphatic heterocycles. The Morgan fingerprint density at radius 3 is 2.05 bits per heavy atom. The zero-order valence-corrected chi connectivity index (χ0v) is 22.8. The van der Waals surface area contributed by atoms with Crippen molar-refractivity contribution in [2.45, 2.75) is 36.5 Å². The third-order valence-corrected chi connectivity index (χ3v) is 9.90. The van der Waals surface area contributed by atoms with Crippen molar-refractivity contribution >= 4 is 48.9 Å². The first-order chi connectivity index (χ1) is 17.5. The maximum absolute atomic E-state index is 13.1. The Labute approximate surface area is 222 Å². The Morgan fingerprint density at radius 1 is 0.865 bits per heavy atom. The van der Waals surface area contributed by atoms with E-state index in [2.05, 4.69) is 17.0 Å². The molecule has 0 radical (unpaired) electrons. The predicted molar refractivity (Wildman–Crippen MR) is 145 cm³/mol. The summed E-state index contributed by atoms with van der Waals surface area (Å²) >= 11 is 5.84. The van der Waals surface area contributed by atoms with Crippen LogP contribution < -0.4 is 10.0 Å². The summed E-state index contributed by atoms with van der Waals surface area (Å²) in [5.41, 5.74) is 1.59. The molecule has 0 aromatic heterocycles. The van der Waals surface area contributed by atoms with E-state index in [1.807, 2.05) is 0 Å². The molecule has 1 aliphatic rings. The summed E-state index contributed by atoms with van der Waals surface area (Å²) in [4.78, 5) is 13.1. The Hall–Kier alpha value is -2.92. The predicted octanol–water partition coefficient (Wildman–Crippen LogP) is 5.12. The number of benzene rings is 3. The first kappa shape index (κ1) is 27.1. The van der Waals surface area contributed by atoms with Crippen molar-refractivity contribution < 1.29 is 21.6 Å². The van der Waals surface area contributed by atoms with Gasteiger partial charge in [-0.25, -0.2) is 16.8 Å². The van der Waals surface area contributed by atoms with Crippen LogP contribution in [0.5, 0.6) is 0 Å². The highest BCUT2D eigenvalue weighted by Crippen LogP contribution is 2.26. The van der Waals surface area contributed by atoms with Gasteiger partial charge in [0.15, 0.2) is 0 Å². The van der Waals surface area contributed by atoms with Gasteiger partial charge in [-0.1, -0.05) is 24.6 Å². The van der Waals surface area contributed by atoms with Crippen molar-refractivity contribution in [3.63, 3.8) is 0 Å². The minimum absolute atomic E-state index is 0.0144. The maximum atomic E-state index is 13.1. The molecule has 1 heterocycles. The quantitative estimate of drug-likeness (QED) is 0.415. The second-order valence-electron chi connectivity index (χ2n) is 9.15. The molecular weight excluding hydrogens is 534 g/mol. The average molecular weight is 562 g/mol. The fraction of sp³-hybridized carbons (Fsp3) is 0.269. The third kappa shape index (κ3) is 6.32. The van der Waals surface area contributed by atoms with E-state index in [1.165, 1.54) is 40.7 Å². The van der Waals surface area contributed by atoms with E-state index in [4.69, 9.17) is 11.6 Å². The van der Waals surface area contributed by atoms with Crippen molar-refractivity contribution in [1.29, 1.82) is 0 Å². The lowest BCUT2D eigenvalue weighted by molar-refractivity contribution is 0.102. The summed E-state index contributed by atoms with van der Waals surface area (Å²) in [7, 11) is -7.55. The number of rotatable bonds is 7. The smallest absolute Gasteiger partial charge is 0.261 e. The maximum Gasteiger partial charge on any atom is 0.261 e. The molecule has 0 bridgehead atoms. The van der Waals surface area contributed by atoms with Gasteiger partial charge in [0.1, 0.15) is 0 Å². The van der Waals surface area contributed by atoms with Gasteiger partial charge >= 0.3 is 0 Å². The molecule has 0 atom stereocenters. The van der Waals surface area contributed by atoms with E-state index >= 15 is 0 Å². The third-order valence-electron chi connectivity index (χ3n) is 6.35. The highest BCUT2D eigenvalue weighted by molar-refractivity contribution is 7.92. The standard InChI is InChI=1S/C26H28ClN3O5S2/c1-18-13-15-30(16-14-18)37(34,35)24-10-3-19(2)25(17-24)26(31)28-21-8-11-23(12-9-21)36(32,33)29-22-6-4-20(27)5-7-22/h3-12,17-18,29H,13-16H2,1-2H3,(H,28,31). The minimum atomic E-state index is -3.84. The summed E-state index contributed by atoms with van der Waals surface area (Å²) in [6.45, 7) is 4.75. The minimum Gasteiger partial charge on any atom is -0.322 e. The summed E-state index contributed by atoms with van der Waals surface area (Å²) in [6.07, 6.45) is 1.61. The van der Waals surface area contributed by atoms with Crippen molar-refractivity contribution in [3.05, 3.63) is 82.9 Å². The summed E-state index contributed by atoms with van der Waals surface area (Å²) in [5, 5.41) is 3.21. The van der Waals surface area contributed by atoms with Crippen LogP contribution in [-0.2, 0) is 20.0 Å². The molecule has 0 saturated carbocycles. The van der Waals surface area contributed by atoms with Crippen LogP contribution in [0.3, 0.4) is 0 Å². The van der Waals surface area contributed by atoms with Gasteiger partial charge in [0.05, 0.1) is 9.79 Å². The second kappa shape index (κ2) is 10.8. The molecule has 1 fully saturated rings.